The molecule has 0 saturated carbocycles. The summed E-state index contributed by atoms with van der Waals surface area (Å²) in [4.78, 5) is 16.6. The minimum Gasteiger partial charge on any atom is -0.350 e. The largest absolute Gasteiger partial charge is 0.350 e. The van der Waals surface area contributed by atoms with Crippen LogP contribution in [0.2, 0.25) is 0 Å². The van der Waals surface area contributed by atoms with Gasteiger partial charge in [0.25, 0.3) is 0 Å². The van der Waals surface area contributed by atoms with E-state index in [0.717, 1.165) is 31.1 Å². The Morgan fingerprint density at radius 2 is 1.85 bits per heavy atom. The van der Waals surface area contributed by atoms with Crippen LogP contribution in [0.1, 0.15) is 26.7 Å². The van der Waals surface area contributed by atoms with Crippen LogP contribution in [0.15, 0.2) is 0 Å². The molecular formula is C14H29N3OS2. The standard InChI is InChI=1S/C14H29N3OS2/c1-14(2,6-5-7-16(3)4)15-13(18)10-17-11-19-8-9-20-12-17/h5-12H2,1-4H3,(H,15,18). The second-order valence-electron chi connectivity index (χ2n) is 6.24. The molecule has 0 atom stereocenters. The topological polar surface area (TPSA) is 35.6 Å². The molecule has 1 rings (SSSR count). The first-order valence-corrected chi connectivity index (χ1v) is 9.53. The summed E-state index contributed by atoms with van der Waals surface area (Å²) in [5, 5.41) is 3.18. The number of thioether (sulfide) groups is 2. The number of hydrogen-bond donors (Lipinski definition) is 1. The van der Waals surface area contributed by atoms with E-state index in [0.29, 0.717) is 6.54 Å². The van der Waals surface area contributed by atoms with Crippen molar-refractivity contribution in [1.82, 2.24) is 15.1 Å². The smallest absolute Gasteiger partial charge is 0.234 e. The summed E-state index contributed by atoms with van der Waals surface area (Å²) in [6, 6.07) is 0. The Bertz CT molecular complexity index is 290. The molecule has 4 nitrogen and oxygen atoms in total. The Morgan fingerprint density at radius 1 is 1.25 bits per heavy atom. The van der Waals surface area contributed by atoms with Crippen LogP contribution in [-0.2, 0) is 4.79 Å². The number of rotatable bonds is 7. The molecule has 0 aromatic carbocycles. The normalized spacial score (nSPS) is 18.1. The summed E-state index contributed by atoms with van der Waals surface area (Å²) < 4.78 is 0. The van der Waals surface area contributed by atoms with Gasteiger partial charge in [0.1, 0.15) is 0 Å². The van der Waals surface area contributed by atoms with E-state index in [1.54, 1.807) is 0 Å². The Kier molecular flexibility index (Phi) is 8.32. The van der Waals surface area contributed by atoms with Crippen LogP contribution >= 0.6 is 23.5 Å². The van der Waals surface area contributed by atoms with Crippen LogP contribution in [0.25, 0.3) is 0 Å². The zero-order valence-corrected chi connectivity index (χ0v) is 14.9. The fourth-order valence-electron chi connectivity index (χ4n) is 2.15. The number of hydrogen-bond acceptors (Lipinski definition) is 5. The summed E-state index contributed by atoms with van der Waals surface area (Å²) in [5.41, 5.74) is -0.112. The van der Waals surface area contributed by atoms with Crippen LogP contribution in [0, 0.1) is 0 Å². The summed E-state index contributed by atoms with van der Waals surface area (Å²) in [7, 11) is 4.17. The number of nitrogens with zero attached hydrogens (tertiary/aromatic N) is 2. The lowest BCUT2D eigenvalue weighted by Crippen LogP contribution is -2.47. The lowest BCUT2D eigenvalue weighted by molar-refractivity contribution is -0.123. The Hall–Kier alpha value is 0.0900. The molecule has 6 heteroatoms. The minimum atomic E-state index is -0.112. The maximum atomic E-state index is 12.2. The highest BCUT2D eigenvalue weighted by molar-refractivity contribution is 8.03. The van der Waals surface area contributed by atoms with Gasteiger partial charge in [-0.3, -0.25) is 9.69 Å². The molecule has 0 aliphatic carbocycles. The predicted octanol–water partition coefficient (Wildman–Crippen LogP) is 1.92. The third kappa shape index (κ3) is 8.39. The highest BCUT2D eigenvalue weighted by Crippen LogP contribution is 2.17. The van der Waals surface area contributed by atoms with Gasteiger partial charge in [0.2, 0.25) is 5.91 Å². The summed E-state index contributed by atoms with van der Waals surface area (Å²) >= 11 is 3.84. The fraction of sp³-hybridized carbons (Fsp3) is 0.929. The second-order valence-corrected chi connectivity index (χ2v) is 8.39. The van der Waals surface area contributed by atoms with Gasteiger partial charge in [-0.15, -0.1) is 23.5 Å². The van der Waals surface area contributed by atoms with Gasteiger partial charge in [-0.1, -0.05) is 0 Å². The molecule has 1 amide bonds. The molecule has 0 spiro atoms. The number of nitrogens with one attached hydrogen (secondary N) is 1. The van der Waals surface area contributed by atoms with Gasteiger partial charge in [0.05, 0.1) is 6.54 Å². The van der Waals surface area contributed by atoms with Crippen molar-refractivity contribution in [3.05, 3.63) is 0 Å². The van der Waals surface area contributed by atoms with Crippen LogP contribution in [-0.4, -0.2) is 71.7 Å². The van der Waals surface area contributed by atoms with Crippen molar-refractivity contribution in [2.75, 3.05) is 50.4 Å². The van der Waals surface area contributed by atoms with Crippen molar-refractivity contribution in [1.29, 1.82) is 0 Å². The van der Waals surface area contributed by atoms with E-state index in [1.807, 2.05) is 23.5 Å². The van der Waals surface area contributed by atoms with Crippen LogP contribution in [0.5, 0.6) is 0 Å². The average molecular weight is 320 g/mol. The molecule has 1 N–H and O–H groups in total. The van der Waals surface area contributed by atoms with Gasteiger partial charge in [-0.2, -0.15) is 0 Å². The van der Waals surface area contributed by atoms with Gasteiger partial charge < -0.3 is 10.2 Å². The van der Waals surface area contributed by atoms with Gasteiger partial charge in [-0.05, 0) is 47.3 Å². The third-order valence-electron chi connectivity index (χ3n) is 3.17. The molecule has 1 heterocycles. The molecule has 1 aliphatic rings. The summed E-state index contributed by atoms with van der Waals surface area (Å²) in [6.07, 6.45) is 2.12. The molecule has 1 fully saturated rings. The first kappa shape index (κ1) is 18.1. The Labute approximate surface area is 132 Å². The molecule has 118 valence electrons. The summed E-state index contributed by atoms with van der Waals surface area (Å²) in [5.74, 6) is 4.49. The third-order valence-corrected chi connectivity index (χ3v) is 5.51. The monoisotopic (exact) mass is 319 g/mol. The van der Waals surface area contributed by atoms with Crippen molar-refractivity contribution in [2.24, 2.45) is 0 Å². The molecule has 0 unspecified atom stereocenters. The van der Waals surface area contributed by atoms with E-state index in [2.05, 4.69) is 43.1 Å². The van der Waals surface area contributed by atoms with Gasteiger partial charge >= 0.3 is 0 Å². The molecule has 20 heavy (non-hydrogen) atoms. The molecule has 0 aromatic rings. The van der Waals surface area contributed by atoms with E-state index in [9.17, 15) is 4.79 Å². The van der Waals surface area contributed by atoms with Crippen molar-refractivity contribution >= 4 is 29.4 Å². The number of carbonyl (C=O) groups excluding carboxylic acids is 1. The number of amides is 1. The lowest BCUT2D eigenvalue weighted by Gasteiger charge is -2.28. The second kappa shape index (κ2) is 9.18. The van der Waals surface area contributed by atoms with E-state index < -0.39 is 0 Å². The molecule has 1 saturated heterocycles. The van der Waals surface area contributed by atoms with Crippen molar-refractivity contribution in [3.8, 4) is 0 Å². The maximum Gasteiger partial charge on any atom is 0.234 e. The zero-order chi connectivity index (χ0) is 15.0. The SMILES string of the molecule is CN(C)CCCC(C)(C)NC(=O)CN1CSCCSC1. The van der Waals surface area contributed by atoms with Gasteiger partial charge in [0, 0.05) is 28.8 Å². The number of carbonyl (C=O) groups is 1. The Balaban J connectivity index is 2.28. The van der Waals surface area contributed by atoms with E-state index >= 15 is 0 Å². The lowest BCUT2D eigenvalue weighted by atomic mass is 9.98. The van der Waals surface area contributed by atoms with Crippen LogP contribution < -0.4 is 5.32 Å². The van der Waals surface area contributed by atoms with Crippen molar-refractivity contribution < 1.29 is 4.79 Å². The molecule has 0 aromatic heterocycles. The quantitative estimate of drug-likeness (QED) is 0.776. The summed E-state index contributed by atoms with van der Waals surface area (Å²) in [6.45, 7) is 5.83. The maximum absolute atomic E-state index is 12.2. The van der Waals surface area contributed by atoms with E-state index in [4.69, 9.17) is 0 Å². The average Bonchev–Trinajstić information content (AvgIpc) is 2.55. The zero-order valence-electron chi connectivity index (χ0n) is 13.3. The van der Waals surface area contributed by atoms with Crippen molar-refractivity contribution in [2.45, 2.75) is 32.2 Å². The minimum absolute atomic E-state index is 0.112. The molecule has 1 aliphatic heterocycles. The first-order chi connectivity index (χ1) is 9.39. The fourth-order valence-corrected chi connectivity index (χ4v) is 4.35. The highest BCUT2D eigenvalue weighted by atomic mass is 32.2. The molecule has 0 radical (unpaired) electrons. The predicted molar refractivity (Wildman–Crippen MR) is 91.4 cm³/mol. The van der Waals surface area contributed by atoms with E-state index in [1.165, 1.54) is 11.5 Å². The van der Waals surface area contributed by atoms with Crippen LogP contribution in [0.4, 0.5) is 0 Å². The molecular weight excluding hydrogens is 290 g/mol. The molecule has 0 bridgehead atoms. The highest BCUT2D eigenvalue weighted by Gasteiger charge is 2.21. The van der Waals surface area contributed by atoms with Gasteiger partial charge in [0.15, 0.2) is 0 Å². The van der Waals surface area contributed by atoms with Crippen LogP contribution in [0.3, 0.4) is 0 Å². The van der Waals surface area contributed by atoms with E-state index in [-0.39, 0.29) is 11.4 Å². The van der Waals surface area contributed by atoms with Crippen molar-refractivity contribution in [3.63, 3.8) is 0 Å². The van der Waals surface area contributed by atoms with Gasteiger partial charge in [-0.25, -0.2) is 0 Å². The Morgan fingerprint density at radius 3 is 2.40 bits per heavy atom. The first-order valence-electron chi connectivity index (χ1n) is 7.23.